The van der Waals surface area contributed by atoms with Gasteiger partial charge in [-0.05, 0) is 137 Å². The first-order chi connectivity index (χ1) is 27.6. The smallest absolute Gasteiger partial charge is 0.256 e. The molecule has 0 radical (unpaired) electrons. The Morgan fingerprint density at radius 3 is 1.38 bits per heavy atom. The van der Waals surface area contributed by atoms with Gasteiger partial charge in [0.15, 0.2) is 0 Å². The number of ether oxygens (including phenoxy) is 1. The molecule has 4 nitrogen and oxygen atoms in total. The van der Waals surface area contributed by atoms with Crippen molar-refractivity contribution in [2.24, 2.45) is 0 Å². The number of hydrogen-bond acceptors (Lipinski definition) is 4. The molecular weight excluding hydrogens is 680 g/mol. The third-order valence-electron chi connectivity index (χ3n) is 12.1. The van der Waals surface area contributed by atoms with Crippen molar-refractivity contribution < 1.29 is 4.74 Å². The lowest BCUT2D eigenvalue weighted by Crippen LogP contribution is -2.64. The van der Waals surface area contributed by atoms with E-state index in [1.807, 2.05) is 0 Å². The number of nitrogens with zero attached hydrogens (tertiary/aromatic N) is 3. The fourth-order valence-corrected chi connectivity index (χ4v) is 9.97. The van der Waals surface area contributed by atoms with Crippen molar-refractivity contribution in [3.8, 4) is 11.5 Å². The van der Waals surface area contributed by atoms with Gasteiger partial charge in [0.2, 0.25) is 0 Å². The van der Waals surface area contributed by atoms with E-state index in [9.17, 15) is 0 Å². The van der Waals surface area contributed by atoms with Crippen LogP contribution in [-0.2, 0) is 0 Å². The van der Waals surface area contributed by atoms with Gasteiger partial charge in [0.05, 0.1) is 0 Å². The molecule has 0 saturated heterocycles. The molecule has 56 heavy (non-hydrogen) atoms. The molecule has 6 heteroatoms. The van der Waals surface area contributed by atoms with Crippen molar-refractivity contribution in [3.63, 3.8) is 0 Å². The molecular formula is C50H35B2N3O. The number of benzene rings is 8. The second kappa shape index (κ2) is 11.8. The van der Waals surface area contributed by atoms with E-state index in [-0.39, 0.29) is 13.4 Å². The Kier molecular flexibility index (Phi) is 6.62. The predicted octanol–water partition coefficient (Wildman–Crippen LogP) is 8.79. The predicted molar refractivity (Wildman–Crippen MR) is 236 cm³/mol. The molecule has 0 atom stereocenters. The molecule has 262 valence electrons. The van der Waals surface area contributed by atoms with Crippen molar-refractivity contribution in [3.05, 3.63) is 187 Å². The average molecular weight is 715 g/mol. The summed E-state index contributed by atoms with van der Waals surface area (Å²) in [6.07, 6.45) is 0. The van der Waals surface area contributed by atoms with E-state index >= 15 is 0 Å². The van der Waals surface area contributed by atoms with E-state index in [0.29, 0.717) is 0 Å². The molecule has 0 saturated carbocycles. The first-order valence-electron chi connectivity index (χ1n) is 19.5. The minimum absolute atomic E-state index is 0.00507. The maximum Gasteiger partial charge on any atom is 0.256 e. The maximum atomic E-state index is 6.78. The monoisotopic (exact) mass is 715 g/mol. The lowest BCUT2D eigenvalue weighted by atomic mass is 9.30. The molecule has 12 rings (SSSR count). The van der Waals surface area contributed by atoms with Crippen molar-refractivity contribution >= 4 is 97.4 Å². The molecule has 0 spiro atoms. The molecule has 0 unspecified atom stereocenters. The summed E-state index contributed by atoms with van der Waals surface area (Å²) in [5.74, 6) is 1.86. The first-order valence-corrected chi connectivity index (χ1v) is 19.5. The van der Waals surface area contributed by atoms with E-state index in [0.717, 1.165) is 28.6 Å². The summed E-state index contributed by atoms with van der Waals surface area (Å²) in [4.78, 5) is 7.47. The number of aryl methyl sites for hydroxylation is 2. The van der Waals surface area contributed by atoms with Gasteiger partial charge in [-0.3, -0.25) is 0 Å². The standard InChI is InChI=1S/C50H35B2N3O/c1-32-26-44-49-45(27-32)54(35-18-8-4-9-19-35)42-31-43-40(30-39(42)51(49)37-22-12-14-24-41(37)53(44)34-16-6-3-7-17-34)52-38-23-13-15-25-47(38)56-48-29-33(2)28-46(50(48)52)55(43)36-20-10-5-11-21-36/h3-31H,1-2H3. The van der Waals surface area contributed by atoms with Crippen molar-refractivity contribution in [2.45, 2.75) is 13.8 Å². The highest BCUT2D eigenvalue weighted by molar-refractivity contribution is 7.02. The summed E-state index contributed by atoms with van der Waals surface area (Å²) in [6.45, 7) is 4.41. The molecule has 4 heterocycles. The SMILES string of the molecule is Cc1cc2c3c(c1)N(c1ccccc1)c1cc4c(cc1B3c1ccccc1O2)B1c2ccccc2N(c2ccccc2)c2cc(C)cc(c21)N4c1ccccc1. The normalized spacial score (nSPS) is 13.9. The van der Waals surface area contributed by atoms with Crippen LogP contribution in [0.15, 0.2) is 176 Å². The van der Waals surface area contributed by atoms with Gasteiger partial charge >= 0.3 is 0 Å². The van der Waals surface area contributed by atoms with Gasteiger partial charge < -0.3 is 19.4 Å². The molecule has 4 aliphatic rings. The zero-order valence-corrected chi connectivity index (χ0v) is 31.1. The molecule has 0 aromatic heterocycles. The Balaban J connectivity index is 1.21. The Labute approximate surface area is 328 Å². The minimum atomic E-state index is -0.00507. The van der Waals surface area contributed by atoms with Crippen LogP contribution in [0.25, 0.3) is 0 Å². The Bertz CT molecular complexity index is 2900. The molecule has 4 aliphatic heterocycles. The average Bonchev–Trinajstić information content (AvgIpc) is 3.23. The van der Waals surface area contributed by atoms with E-state index in [1.165, 1.54) is 78.0 Å². The van der Waals surface area contributed by atoms with Gasteiger partial charge in [-0.15, -0.1) is 0 Å². The van der Waals surface area contributed by atoms with E-state index in [4.69, 9.17) is 4.74 Å². The van der Waals surface area contributed by atoms with E-state index in [2.05, 4.69) is 204 Å². The highest BCUT2D eigenvalue weighted by Crippen LogP contribution is 2.47. The molecule has 0 aliphatic carbocycles. The Morgan fingerprint density at radius 2 is 0.786 bits per heavy atom. The topological polar surface area (TPSA) is 19.0 Å². The Morgan fingerprint density at radius 1 is 0.339 bits per heavy atom. The number of rotatable bonds is 3. The fourth-order valence-electron chi connectivity index (χ4n) is 9.97. The number of hydrogen-bond donors (Lipinski definition) is 0. The summed E-state index contributed by atoms with van der Waals surface area (Å²) in [5, 5.41) is 0. The molecule has 0 amide bonds. The van der Waals surface area contributed by atoms with Crippen LogP contribution in [0.4, 0.5) is 51.2 Å². The molecule has 0 bridgehead atoms. The summed E-state index contributed by atoms with van der Waals surface area (Å²) in [5.41, 5.74) is 20.7. The van der Waals surface area contributed by atoms with Crippen LogP contribution < -0.4 is 52.2 Å². The Hall–Kier alpha value is -6.91. The van der Waals surface area contributed by atoms with Gasteiger partial charge in [0.25, 0.3) is 13.4 Å². The first kappa shape index (κ1) is 31.4. The molecule has 8 aromatic carbocycles. The van der Waals surface area contributed by atoms with Crippen molar-refractivity contribution in [1.29, 1.82) is 0 Å². The lowest BCUT2D eigenvalue weighted by molar-refractivity contribution is 0.487. The van der Waals surface area contributed by atoms with Gasteiger partial charge in [0, 0.05) is 51.2 Å². The zero-order valence-electron chi connectivity index (χ0n) is 31.1. The van der Waals surface area contributed by atoms with Crippen molar-refractivity contribution in [1.82, 2.24) is 0 Å². The number of anilines is 9. The summed E-state index contributed by atoms with van der Waals surface area (Å²) in [7, 11) is 0. The van der Waals surface area contributed by atoms with Crippen LogP contribution in [0.1, 0.15) is 11.1 Å². The van der Waals surface area contributed by atoms with E-state index < -0.39 is 0 Å². The highest BCUT2D eigenvalue weighted by atomic mass is 16.5. The second-order valence-corrected chi connectivity index (χ2v) is 15.5. The quantitative estimate of drug-likeness (QED) is 0.170. The van der Waals surface area contributed by atoms with Crippen LogP contribution in [0, 0.1) is 13.8 Å². The van der Waals surface area contributed by atoms with Crippen LogP contribution >= 0.6 is 0 Å². The van der Waals surface area contributed by atoms with Crippen LogP contribution in [0.2, 0.25) is 0 Å². The lowest BCUT2D eigenvalue weighted by Gasteiger charge is -2.46. The zero-order chi connectivity index (χ0) is 37.1. The third-order valence-corrected chi connectivity index (χ3v) is 12.1. The fraction of sp³-hybridized carbons (Fsp3) is 0.0400. The number of para-hydroxylation sites is 5. The van der Waals surface area contributed by atoms with Gasteiger partial charge in [0.1, 0.15) is 11.5 Å². The molecule has 0 fully saturated rings. The number of fused-ring (bicyclic) bond motifs is 8. The molecule has 8 aromatic rings. The van der Waals surface area contributed by atoms with Gasteiger partial charge in [-0.2, -0.15) is 0 Å². The summed E-state index contributed by atoms with van der Waals surface area (Å²) in [6, 6.07) is 64.6. The van der Waals surface area contributed by atoms with Gasteiger partial charge in [-0.25, -0.2) is 0 Å². The summed E-state index contributed by atoms with van der Waals surface area (Å²) >= 11 is 0. The summed E-state index contributed by atoms with van der Waals surface area (Å²) < 4.78 is 6.78. The molecule has 0 N–H and O–H groups in total. The van der Waals surface area contributed by atoms with Crippen LogP contribution in [-0.4, -0.2) is 13.4 Å². The minimum Gasteiger partial charge on any atom is -0.458 e. The van der Waals surface area contributed by atoms with Crippen LogP contribution in [0.5, 0.6) is 11.5 Å². The second-order valence-electron chi connectivity index (χ2n) is 15.5. The highest BCUT2D eigenvalue weighted by Gasteiger charge is 2.47. The van der Waals surface area contributed by atoms with Crippen molar-refractivity contribution in [2.75, 3.05) is 14.7 Å². The van der Waals surface area contributed by atoms with E-state index in [1.54, 1.807) is 0 Å². The largest absolute Gasteiger partial charge is 0.458 e. The van der Waals surface area contributed by atoms with Gasteiger partial charge in [-0.1, -0.05) is 97.1 Å². The van der Waals surface area contributed by atoms with Crippen LogP contribution in [0.3, 0.4) is 0 Å². The third kappa shape index (κ3) is 4.38. The maximum absolute atomic E-state index is 6.78.